The molecule has 7 heteroatoms. The summed E-state index contributed by atoms with van der Waals surface area (Å²) < 4.78 is 31.8. The topological polar surface area (TPSA) is 89.9 Å². The molecule has 1 rings (SSSR count). The number of carboxylic acid groups (broad SMARTS) is 1. The predicted molar refractivity (Wildman–Crippen MR) is 92.0 cm³/mol. The van der Waals surface area contributed by atoms with Gasteiger partial charge in [-0.15, -0.1) is 0 Å². The highest BCUT2D eigenvalue weighted by Gasteiger charge is 2.02. The Balaban J connectivity index is 1.94. The first kappa shape index (κ1) is 20.4. The Kier molecular flexibility index (Phi) is 9.41. The van der Waals surface area contributed by atoms with Crippen LogP contribution in [0.2, 0.25) is 0 Å². The lowest BCUT2D eigenvalue weighted by molar-refractivity contribution is 0.0697. The van der Waals surface area contributed by atoms with Crippen LogP contribution in [0.25, 0.3) is 0 Å². The summed E-state index contributed by atoms with van der Waals surface area (Å²) in [7, 11) is -3.30. The molecule has 0 aliphatic heterocycles. The second-order valence-corrected chi connectivity index (χ2v) is 7.32. The largest absolute Gasteiger partial charge is 0.494 e. The summed E-state index contributed by atoms with van der Waals surface area (Å²) in [6.45, 7) is 0.891. The molecule has 0 aliphatic carbocycles. The average Bonchev–Trinajstić information content (AvgIpc) is 2.52. The lowest BCUT2D eigenvalue weighted by Gasteiger charge is -2.06. The van der Waals surface area contributed by atoms with E-state index in [1.807, 2.05) is 0 Å². The van der Waals surface area contributed by atoms with Gasteiger partial charge in [0.25, 0.3) is 10.1 Å². The van der Waals surface area contributed by atoms with E-state index < -0.39 is 16.1 Å². The molecular formula is C17H26O6S. The minimum absolute atomic E-state index is 0.254. The van der Waals surface area contributed by atoms with Crippen molar-refractivity contribution < 1.29 is 27.2 Å². The minimum Gasteiger partial charge on any atom is -0.494 e. The van der Waals surface area contributed by atoms with Gasteiger partial charge >= 0.3 is 5.97 Å². The molecule has 0 fully saturated rings. The highest BCUT2D eigenvalue weighted by atomic mass is 32.2. The van der Waals surface area contributed by atoms with Gasteiger partial charge in [0.1, 0.15) is 5.75 Å². The second-order valence-electron chi connectivity index (χ2n) is 5.68. The lowest BCUT2D eigenvalue weighted by atomic mass is 10.1. The van der Waals surface area contributed by atoms with Crippen LogP contribution in [0.15, 0.2) is 24.3 Å². The van der Waals surface area contributed by atoms with Crippen molar-refractivity contribution >= 4 is 16.1 Å². The molecule has 136 valence electrons. The van der Waals surface area contributed by atoms with E-state index in [2.05, 4.69) is 4.18 Å². The third-order valence-corrected chi connectivity index (χ3v) is 4.05. The molecule has 0 bridgehead atoms. The first-order valence-corrected chi connectivity index (χ1v) is 10.0. The van der Waals surface area contributed by atoms with Crippen molar-refractivity contribution in [3.8, 4) is 5.75 Å². The number of aromatic carboxylic acids is 1. The molecule has 0 spiro atoms. The van der Waals surface area contributed by atoms with Crippen molar-refractivity contribution in [2.45, 2.75) is 44.9 Å². The zero-order valence-electron chi connectivity index (χ0n) is 14.1. The fourth-order valence-corrected chi connectivity index (χ4v) is 2.60. The first-order chi connectivity index (χ1) is 11.4. The van der Waals surface area contributed by atoms with Crippen molar-refractivity contribution in [3.05, 3.63) is 29.8 Å². The van der Waals surface area contributed by atoms with Crippen LogP contribution in [-0.4, -0.2) is 39.0 Å². The molecule has 0 aliphatic rings. The van der Waals surface area contributed by atoms with Crippen LogP contribution in [0.5, 0.6) is 5.75 Å². The smallest absolute Gasteiger partial charge is 0.335 e. The van der Waals surface area contributed by atoms with Gasteiger partial charge in [-0.25, -0.2) is 4.79 Å². The van der Waals surface area contributed by atoms with Crippen LogP contribution in [0.1, 0.15) is 55.3 Å². The standard InChI is InChI=1S/C17H26O6S/c1-24(20,21)23-14-8-6-4-2-3-5-7-13-22-16-11-9-15(10-12-16)17(18)19/h9-12H,2-8,13-14H2,1H3,(H,18,19). The zero-order chi connectivity index (χ0) is 17.8. The van der Waals surface area contributed by atoms with Crippen LogP contribution in [0, 0.1) is 0 Å². The van der Waals surface area contributed by atoms with Gasteiger partial charge in [-0.2, -0.15) is 8.42 Å². The van der Waals surface area contributed by atoms with Crippen molar-refractivity contribution in [1.29, 1.82) is 0 Å². The minimum atomic E-state index is -3.30. The number of unbranched alkanes of at least 4 members (excludes halogenated alkanes) is 6. The monoisotopic (exact) mass is 358 g/mol. The first-order valence-electron chi connectivity index (χ1n) is 8.19. The molecule has 0 radical (unpaired) electrons. The van der Waals surface area contributed by atoms with Crippen LogP contribution < -0.4 is 4.74 Å². The van der Waals surface area contributed by atoms with Crippen LogP contribution in [0.3, 0.4) is 0 Å². The molecule has 0 atom stereocenters. The van der Waals surface area contributed by atoms with Crippen molar-refractivity contribution in [1.82, 2.24) is 0 Å². The number of rotatable bonds is 13. The molecule has 0 amide bonds. The molecule has 0 saturated carbocycles. The van der Waals surface area contributed by atoms with E-state index in [0.29, 0.717) is 12.4 Å². The Morgan fingerprint density at radius 2 is 1.42 bits per heavy atom. The number of carbonyl (C=O) groups is 1. The molecule has 24 heavy (non-hydrogen) atoms. The molecule has 0 heterocycles. The number of benzene rings is 1. The van der Waals surface area contributed by atoms with E-state index in [-0.39, 0.29) is 12.2 Å². The van der Waals surface area contributed by atoms with Crippen LogP contribution in [0.4, 0.5) is 0 Å². The van der Waals surface area contributed by atoms with Gasteiger partial charge in [-0.05, 0) is 37.1 Å². The van der Waals surface area contributed by atoms with Crippen LogP contribution >= 0.6 is 0 Å². The average molecular weight is 358 g/mol. The third kappa shape index (κ3) is 10.2. The summed E-state index contributed by atoms with van der Waals surface area (Å²) in [5.41, 5.74) is 0.254. The van der Waals surface area contributed by atoms with Crippen molar-refractivity contribution in [2.24, 2.45) is 0 Å². The normalized spacial score (nSPS) is 11.4. The summed E-state index contributed by atoms with van der Waals surface area (Å²) in [4.78, 5) is 10.7. The van der Waals surface area contributed by atoms with E-state index in [1.165, 1.54) is 12.1 Å². The molecule has 0 aromatic heterocycles. The quantitative estimate of drug-likeness (QED) is 0.429. The highest BCUT2D eigenvalue weighted by molar-refractivity contribution is 7.85. The van der Waals surface area contributed by atoms with Gasteiger partial charge in [0.2, 0.25) is 0 Å². The lowest BCUT2D eigenvalue weighted by Crippen LogP contribution is -2.03. The van der Waals surface area contributed by atoms with Crippen molar-refractivity contribution in [3.63, 3.8) is 0 Å². The predicted octanol–water partition coefficient (Wildman–Crippen LogP) is 3.47. The molecule has 0 unspecified atom stereocenters. The SMILES string of the molecule is CS(=O)(=O)OCCCCCCCCCOc1ccc(C(=O)O)cc1. The van der Waals surface area contributed by atoms with E-state index in [4.69, 9.17) is 9.84 Å². The Bertz CT molecular complexity index is 580. The summed E-state index contributed by atoms with van der Waals surface area (Å²) in [5.74, 6) is -0.254. The number of hydrogen-bond acceptors (Lipinski definition) is 5. The Morgan fingerprint density at radius 1 is 0.917 bits per heavy atom. The van der Waals surface area contributed by atoms with Gasteiger partial charge in [-0.1, -0.05) is 32.1 Å². The maximum atomic E-state index is 10.8. The molecule has 1 N–H and O–H groups in total. The van der Waals surface area contributed by atoms with Gasteiger partial charge in [-0.3, -0.25) is 4.18 Å². The Morgan fingerprint density at radius 3 is 1.92 bits per heavy atom. The highest BCUT2D eigenvalue weighted by Crippen LogP contribution is 2.13. The molecule has 0 saturated heterocycles. The van der Waals surface area contributed by atoms with Gasteiger partial charge in [0.15, 0.2) is 0 Å². The maximum Gasteiger partial charge on any atom is 0.335 e. The molecular weight excluding hydrogens is 332 g/mol. The van der Waals surface area contributed by atoms with E-state index in [0.717, 1.165) is 51.2 Å². The summed E-state index contributed by atoms with van der Waals surface area (Å²) >= 11 is 0. The molecule has 1 aromatic carbocycles. The number of carboxylic acids is 1. The summed E-state index contributed by atoms with van der Waals surface area (Å²) in [6.07, 6.45) is 8.15. The van der Waals surface area contributed by atoms with Gasteiger partial charge < -0.3 is 9.84 Å². The number of ether oxygens (including phenoxy) is 1. The van der Waals surface area contributed by atoms with Crippen LogP contribution in [-0.2, 0) is 14.3 Å². The Hall–Kier alpha value is -1.60. The fraction of sp³-hybridized carbons (Fsp3) is 0.588. The number of hydrogen-bond donors (Lipinski definition) is 1. The zero-order valence-corrected chi connectivity index (χ0v) is 14.9. The van der Waals surface area contributed by atoms with Gasteiger partial charge in [0.05, 0.1) is 25.0 Å². The third-order valence-electron chi connectivity index (χ3n) is 3.46. The molecule has 1 aromatic rings. The molecule has 6 nitrogen and oxygen atoms in total. The maximum absolute atomic E-state index is 10.8. The van der Waals surface area contributed by atoms with Gasteiger partial charge in [0, 0.05) is 0 Å². The van der Waals surface area contributed by atoms with E-state index in [9.17, 15) is 13.2 Å². The Labute approximate surface area is 143 Å². The second kappa shape index (κ2) is 11.0. The fourth-order valence-electron chi connectivity index (χ4n) is 2.18. The summed E-state index contributed by atoms with van der Waals surface area (Å²) in [6, 6.07) is 6.40. The van der Waals surface area contributed by atoms with Crippen molar-refractivity contribution in [2.75, 3.05) is 19.5 Å². The van der Waals surface area contributed by atoms with E-state index in [1.54, 1.807) is 12.1 Å². The van der Waals surface area contributed by atoms with E-state index >= 15 is 0 Å². The summed E-state index contributed by atoms with van der Waals surface area (Å²) in [5, 5.41) is 8.80.